The highest BCUT2D eigenvalue weighted by molar-refractivity contribution is 6.30. The van der Waals surface area contributed by atoms with Crippen molar-refractivity contribution in [1.82, 2.24) is 4.57 Å². The molecule has 0 radical (unpaired) electrons. The highest BCUT2D eigenvalue weighted by Gasteiger charge is 2.09. The molecule has 24 heavy (non-hydrogen) atoms. The van der Waals surface area contributed by atoms with Gasteiger partial charge in [-0.25, -0.2) is 0 Å². The summed E-state index contributed by atoms with van der Waals surface area (Å²) in [6.45, 7) is 4.13. The van der Waals surface area contributed by atoms with Gasteiger partial charge in [0, 0.05) is 33.9 Å². The Balaban J connectivity index is 1.94. The second-order valence-corrected chi connectivity index (χ2v) is 6.00. The quantitative estimate of drug-likeness (QED) is 0.594. The van der Waals surface area contributed by atoms with E-state index in [1.54, 1.807) is 12.1 Å². The molecule has 0 bridgehead atoms. The molecule has 0 aliphatic heterocycles. The molecule has 3 rings (SSSR count). The maximum Gasteiger partial charge on any atom is 0.0991 e. The van der Waals surface area contributed by atoms with Crippen LogP contribution in [0.25, 0.3) is 5.69 Å². The summed E-state index contributed by atoms with van der Waals surface area (Å²) in [7, 11) is 0. The minimum Gasteiger partial charge on any atom is -0.318 e. The van der Waals surface area contributed by atoms with Crippen LogP contribution in [0.3, 0.4) is 0 Å². The van der Waals surface area contributed by atoms with Crippen LogP contribution >= 0.6 is 11.6 Å². The molecule has 4 heteroatoms. The van der Waals surface area contributed by atoms with Gasteiger partial charge in [0.25, 0.3) is 0 Å². The number of benzene rings is 2. The number of nitriles is 1. The van der Waals surface area contributed by atoms with E-state index in [4.69, 9.17) is 16.9 Å². The monoisotopic (exact) mass is 333 g/mol. The van der Waals surface area contributed by atoms with Crippen LogP contribution < -0.4 is 0 Å². The number of aromatic nitrogens is 1. The summed E-state index contributed by atoms with van der Waals surface area (Å²) in [5.41, 5.74) is 5.77. The lowest BCUT2D eigenvalue weighted by Crippen LogP contribution is -1.99. The summed E-state index contributed by atoms with van der Waals surface area (Å²) < 4.78 is 2.16. The molecule has 0 unspecified atom stereocenters. The summed E-state index contributed by atoms with van der Waals surface area (Å²) in [6, 6.07) is 19.2. The van der Waals surface area contributed by atoms with Crippen molar-refractivity contribution in [2.45, 2.75) is 13.8 Å². The van der Waals surface area contributed by atoms with Crippen molar-refractivity contribution in [3.05, 3.63) is 82.1 Å². The first-order valence-corrected chi connectivity index (χ1v) is 7.95. The Bertz CT molecular complexity index is 944. The van der Waals surface area contributed by atoms with Gasteiger partial charge in [0.05, 0.1) is 17.3 Å². The van der Waals surface area contributed by atoms with Gasteiger partial charge in [0.2, 0.25) is 0 Å². The van der Waals surface area contributed by atoms with Crippen molar-refractivity contribution < 1.29 is 0 Å². The van der Waals surface area contributed by atoms with Crippen LogP contribution in [0.15, 0.2) is 59.6 Å². The van der Waals surface area contributed by atoms with Gasteiger partial charge in [-0.3, -0.25) is 4.99 Å². The fraction of sp³-hybridized carbons (Fsp3) is 0.100. The molecule has 0 saturated heterocycles. The number of halogens is 1. The Hall–Kier alpha value is -2.83. The largest absolute Gasteiger partial charge is 0.318 e. The number of nitrogens with zero attached hydrogens (tertiary/aromatic N) is 3. The van der Waals surface area contributed by atoms with E-state index < -0.39 is 0 Å². The van der Waals surface area contributed by atoms with Crippen molar-refractivity contribution in [3.63, 3.8) is 0 Å². The van der Waals surface area contributed by atoms with E-state index in [1.807, 2.05) is 42.6 Å². The first-order chi connectivity index (χ1) is 11.6. The Morgan fingerprint density at radius 3 is 2.50 bits per heavy atom. The van der Waals surface area contributed by atoms with E-state index in [-0.39, 0.29) is 0 Å². The van der Waals surface area contributed by atoms with Crippen molar-refractivity contribution in [3.8, 4) is 11.8 Å². The zero-order valence-corrected chi connectivity index (χ0v) is 14.2. The molecular formula is C20H16ClN3. The molecule has 1 aromatic heterocycles. The lowest BCUT2D eigenvalue weighted by atomic mass is 10.2. The molecule has 0 atom stereocenters. The molecule has 1 heterocycles. The standard InChI is InChI=1S/C20H16ClN3/c1-14-10-17(13-23-19-8-6-16(12-22)7-9-19)15(2)24(14)20-5-3-4-18(21)11-20/h3-11,13H,1-2H3. The maximum absolute atomic E-state index is 8.83. The van der Waals surface area contributed by atoms with Crippen LogP contribution in [0.1, 0.15) is 22.5 Å². The third kappa shape index (κ3) is 3.24. The van der Waals surface area contributed by atoms with Gasteiger partial charge in [-0.15, -0.1) is 0 Å². The van der Waals surface area contributed by atoms with Crippen LogP contribution in [0.5, 0.6) is 0 Å². The van der Waals surface area contributed by atoms with E-state index in [0.29, 0.717) is 10.6 Å². The SMILES string of the molecule is Cc1cc(C=Nc2ccc(C#N)cc2)c(C)n1-c1cccc(Cl)c1. The van der Waals surface area contributed by atoms with Crippen LogP contribution in [0.4, 0.5) is 5.69 Å². The topological polar surface area (TPSA) is 41.1 Å². The third-order valence-corrected chi connectivity index (χ3v) is 4.12. The van der Waals surface area contributed by atoms with Gasteiger partial charge >= 0.3 is 0 Å². The van der Waals surface area contributed by atoms with Crippen molar-refractivity contribution in [1.29, 1.82) is 5.26 Å². The molecule has 3 nitrogen and oxygen atoms in total. The summed E-state index contributed by atoms with van der Waals surface area (Å²) in [5.74, 6) is 0. The molecule has 2 aromatic carbocycles. The molecule has 0 aliphatic rings. The lowest BCUT2D eigenvalue weighted by Gasteiger charge is -2.09. The molecule has 0 amide bonds. The Morgan fingerprint density at radius 2 is 1.83 bits per heavy atom. The van der Waals surface area contributed by atoms with Crippen molar-refractivity contribution in [2.24, 2.45) is 4.99 Å². The Kier molecular flexibility index (Phi) is 4.50. The zero-order chi connectivity index (χ0) is 17.1. The number of hydrogen-bond acceptors (Lipinski definition) is 2. The number of hydrogen-bond donors (Lipinski definition) is 0. The van der Waals surface area contributed by atoms with E-state index in [2.05, 4.69) is 35.5 Å². The normalized spacial score (nSPS) is 10.9. The van der Waals surface area contributed by atoms with Crippen molar-refractivity contribution in [2.75, 3.05) is 0 Å². The molecule has 0 N–H and O–H groups in total. The Labute approximate surface area is 146 Å². The van der Waals surface area contributed by atoms with Gasteiger partial charge in [0.1, 0.15) is 0 Å². The molecule has 3 aromatic rings. The molecule has 0 aliphatic carbocycles. The summed E-state index contributed by atoms with van der Waals surface area (Å²) in [6.07, 6.45) is 1.85. The predicted molar refractivity (Wildman–Crippen MR) is 98.7 cm³/mol. The second kappa shape index (κ2) is 6.74. The molecule has 0 saturated carbocycles. The van der Waals surface area contributed by atoms with Gasteiger partial charge < -0.3 is 4.57 Å². The van der Waals surface area contributed by atoms with E-state index in [1.165, 1.54) is 0 Å². The summed E-state index contributed by atoms with van der Waals surface area (Å²) >= 11 is 6.11. The average Bonchev–Trinajstić information content (AvgIpc) is 2.87. The summed E-state index contributed by atoms with van der Waals surface area (Å²) in [5, 5.41) is 9.55. The van der Waals surface area contributed by atoms with E-state index >= 15 is 0 Å². The predicted octanol–water partition coefficient (Wildman–Crippen LogP) is 5.37. The second-order valence-electron chi connectivity index (χ2n) is 5.56. The van der Waals surface area contributed by atoms with Crippen molar-refractivity contribution >= 4 is 23.5 Å². The molecular weight excluding hydrogens is 318 g/mol. The van der Waals surface area contributed by atoms with E-state index in [9.17, 15) is 0 Å². The minimum absolute atomic E-state index is 0.632. The first-order valence-electron chi connectivity index (χ1n) is 7.57. The number of aryl methyl sites for hydroxylation is 1. The zero-order valence-electron chi connectivity index (χ0n) is 13.5. The molecule has 0 spiro atoms. The highest BCUT2D eigenvalue weighted by atomic mass is 35.5. The fourth-order valence-electron chi connectivity index (χ4n) is 2.70. The van der Waals surface area contributed by atoms with Crippen LogP contribution in [0.2, 0.25) is 5.02 Å². The number of rotatable bonds is 3. The average molecular weight is 334 g/mol. The first kappa shape index (κ1) is 16.0. The van der Waals surface area contributed by atoms with E-state index in [0.717, 1.165) is 28.3 Å². The third-order valence-electron chi connectivity index (χ3n) is 3.89. The van der Waals surface area contributed by atoms with Gasteiger partial charge in [-0.1, -0.05) is 17.7 Å². The Morgan fingerprint density at radius 1 is 1.08 bits per heavy atom. The number of aliphatic imine (C=N–C) groups is 1. The smallest absolute Gasteiger partial charge is 0.0991 e. The fourth-order valence-corrected chi connectivity index (χ4v) is 2.88. The van der Waals surface area contributed by atoms with Crippen LogP contribution in [-0.2, 0) is 0 Å². The van der Waals surface area contributed by atoms with Gasteiger partial charge in [0.15, 0.2) is 0 Å². The van der Waals surface area contributed by atoms with Gasteiger partial charge in [-0.05, 0) is 62.4 Å². The maximum atomic E-state index is 8.83. The van der Waals surface area contributed by atoms with Crippen LogP contribution in [-0.4, -0.2) is 10.8 Å². The highest BCUT2D eigenvalue weighted by Crippen LogP contribution is 2.23. The van der Waals surface area contributed by atoms with Crippen LogP contribution in [0, 0.1) is 25.2 Å². The molecule has 118 valence electrons. The lowest BCUT2D eigenvalue weighted by molar-refractivity contribution is 0.965. The minimum atomic E-state index is 0.632. The summed E-state index contributed by atoms with van der Waals surface area (Å²) in [4.78, 5) is 4.50. The van der Waals surface area contributed by atoms with Gasteiger partial charge in [-0.2, -0.15) is 5.26 Å². The molecule has 0 fully saturated rings.